The highest BCUT2D eigenvalue weighted by Gasteiger charge is 2.51. The predicted molar refractivity (Wildman–Crippen MR) is 142 cm³/mol. The Bertz CT molecular complexity index is 813. The van der Waals surface area contributed by atoms with Crippen LogP contribution in [0.2, 0.25) is 0 Å². The van der Waals surface area contributed by atoms with E-state index in [0.717, 1.165) is 29.6 Å². The van der Waals surface area contributed by atoms with Gasteiger partial charge in [-0.25, -0.2) is 0 Å². The molecule has 31 heavy (non-hydrogen) atoms. The number of benzene rings is 2. The molecule has 2 fully saturated rings. The van der Waals surface area contributed by atoms with Crippen LogP contribution in [0.4, 0.5) is 0 Å². The molecule has 0 saturated heterocycles. The van der Waals surface area contributed by atoms with E-state index >= 15 is 0 Å². The van der Waals surface area contributed by atoms with Crippen molar-refractivity contribution in [3.8, 4) is 0 Å². The number of fused-ring (bicyclic) bond motifs is 2. The summed E-state index contributed by atoms with van der Waals surface area (Å²) in [6, 6.07) is 13.9. The summed E-state index contributed by atoms with van der Waals surface area (Å²) in [6.07, 6.45) is 6.68. The van der Waals surface area contributed by atoms with E-state index < -0.39 is 0 Å². The highest BCUT2D eigenvalue weighted by atomic mass is 16.3. The van der Waals surface area contributed by atoms with Crippen LogP contribution in [-0.2, 0) is 0 Å². The predicted octanol–water partition coefficient (Wildman–Crippen LogP) is 9.21. The van der Waals surface area contributed by atoms with Crippen molar-refractivity contribution in [1.82, 2.24) is 0 Å². The zero-order valence-corrected chi connectivity index (χ0v) is 17.1. The molecule has 2 saturated carbocycles. The second-order valence-electron chi connectivity index (χ2n) is 9.25. The fraction of sp³-hybridized carbons (Fsp3) is 0.600. The number of hydrogen-bond donors (Lipinski definition) is 1. The topological polar surface area (TPSA) is 20.2 Å². The van der Waals surface area contributed by atoms with Gasteiger partial charge in [-0.3, -0.25) is 0 Å². The third-order valence-electron chi connectivity index (χ3n) is 7.69. The van der Waals surface area contributed by atoms with Crippen LogP contribution < -0.4 is 0 Å². The summed E-state index contributed by atoms with van der Waals surface area (Å²) in [5, 5.41) is 11.5. The molecule has 2 bridgehead atoms. The molecule has 176 valence electrons. The third-order valence-corrected chi connectivity index (χ3v) is 7.69. The van der Waals surface area contributed by atoms with Crippen LogP contribution in [0, 0.1) is 23.7 Å². The summed E-state index contributed by atoms with van der Waals surface area (Å²) in [5.41, 5.74) is 3.28. The van der Waals surface area contributed by atoms with Crippen LogP contribution in [0.25, 0.3) is 10.8 Å². The normalized spacial score (nSPS) is 29.9. The van der Waals surface area contributed by atoms with Crippen LogP contribution in [0.5, 0.6) is 0 Å². The van der Waals surface area contributed by atoms with E-state index in [9.17, 15) is 0 Å². The van der Waals surface area contributed by atoms with E-state index in [1.165, 1.54) is 24.6 Å². The molecule has 1 nitrogen and oxygen atoms in total. The summed E-state index contributed by atoms with van der Waals surface area (Å²) >= 11 is 0. The maximum atomic E-state index is 8.48. The molecule has 3 aliphatic rings. The molecule has 0 spiro atoms. The second kappa shape index (κ2) is 11.9. The molecule has 0 radical (unpaired) electrons. The van der Waals surface area contributed by atoms with Gasteiger partial charge in [0.2, 0.25) is 0 Å². The van der Waals surface area contributed by atoms with Crippen molar-refractivity contribution in [2.45, 2.75) is 94.1 Å². The first-order chi connectivity index (χ1) is 13.0. The van der Waals surface area contributed by atoms with Gasteiger partial charge in [0.1, 0.15) is 0 Å². The van der Waals surface area contributed by atoms with Crippen LogP contribution >= 0.6 is 0 Å². The Morgan fingerprint density at radius 1 is 0.968 bits per heavy atom. The van der Waals surface area contributed by atoms with Gasteiger partial charge in [-0.15, -0.1) is 6.58 Å². The minimum absolute atomic E-state index is 0. The van der Waals surface area contributed by atoms with Crippen LogP contribution in [0.1, 0.15) is 99.1 Å². The van der Waals surface area contributed by atoms with E-state index in [1.807, 2.05) is 0 Å². The molecular formula is C30H50O. The first-order valence-electron chi connectivity index (χ1n) is 10.8. The van der Waals surface area contributed by atoms with Crippen LogP contribution in [0.15, 0.2) is 49.1 Å². The number of rotatable bonds is 3. The van der Waals surface area contributed by atoms with Gasteiger partial charge in [0.25, 0.3) is 0 Å². The lowest BCUT2D eigenvalue weighted by atomic mass is 9.68. The highest BCUT2D eigenvalue weighted by molar-refractivity contribution is 5.92. The summed E-state index contributed by atoms with van der Waals surface area (Å²) in [4.78, 5) is 0. The Morgan fingerprint density at radius 2 is 1.55 bits per heavy atom. The average molecular weight is 427 g/mol. The molecule has 1 heteroatoms. The summed E-state index contributed by atoms with van der Waals surface area (Å²) in [7, 11) is 0. The molecule has 1 N–H and O–H groups in total. The first-order valence-corrected chi connectivity index (χ1v) is 10.8. The Balaban J connectivity index is 0.000000810. The van der Waals surface area contributed by atoms with E-state index in [4.69, 9.17) is 5.11 Å². The summed E-state index contributed by atoms with van der Waals surface area (Å²) < 4.78 is 0. The monoisotopic (exact) mass is 426 g/mol. The highest BCUT2D eigenvalue weighted by Crippen LogP contribution is 2.62. The van der Waals surface area contributed by atoms with Crippen molar-refractivity contribution in [2.75, 3.05) is 0 Å². The fourth-order valence-electron chi connectivity index (χ4n) is 6.55. The molecule has 5 rings (SSSR count). The van der Waals surface area contributed by atoms with Crippen molar-refractivity contribution in [2.24, 2.45) is 23.7 Å². The average Bonchev–Trinajstić information content (AvgIpc) is 3.31. The maximum absolute atomic E-state index is 8.48. The van der Waals surface area contributed by atoms with Crippen molar-refractivity contribution in [1.29, 1.82) is 0 Å². The van der Waals surface area contributed by atoms with E-state index in [0.29, 0.717) is 12.3 Å². The SMILES string of the molecule is C.C.C.C.C=CCC(C)O.CC1c2cccc3cccc(c23)C1C1C2CCC(C2)C1C. The minimum Gasteiger partial charge on any atom is -0.393 e. The lowest BCUT2D eigenvalue weighted by molar-refractivity contribution is 0.191. The maximum Gasteiger partial charge on any atom is 0.0546 e. The molecule has 0 heterocycles. The molecule has 2 aromatic rings. The molecular weight excluding hydrogens is 376 g/mol. The van der Waals surface area contributed by atoms with Crippen molar-refractivity contribution in [3.63, 3.8) is 0 Å². The number of hydrogen-bond acceptors (Lipinski definition) is 1. The van der Waals surface area contributed by atoms with Gasteiger partial charge in [0, 0.05) is 0 Å². The van der Waals surface area contributed by atoms with Gasteiger partial charge in [-0.1, -0.05) is 86.0 Å². The Labute approximate surface area is 194 Å². The molecule has 3 aliphatic carbocycles. The quantitative estimate of drug-likeness (QED) is 0.485. The van der Waals surface area contributed by atoms with E-state index in [2.05, 4.69) is 56.8 Å². The lowest BCUT2D eigenvalue weighted by Gasteiger charge is -2.36. The van der Waals surface area contributed by atoms with Crippen LogP contribution in [0.3, 0.4) is 0 Å². The van der Waals surface area contributed by atoms with Crippen molar-refractivity contribution >= 4 is 10.8 Å². The van der Waals surface area contributed by atoms with Gasteiger partial charge in [-0.05, 0) is 90.0 Å². The Hall–Kier alpha value is -1.60. The van der Waals surface area contributed by atoms with Gasteiger partial charge in [0.15, 0.2) is 0 Å². The van der Waals surface area contributed by atoms with Crippen molar-refractivity contribution in [3.05, 3.63) is 60.2 Å². The van der Waals surface area contributed by atoms with E-state index in [1.54, 1.807) is 29.5 Å². The summed E-state index contributed by atoms with van der Waals surface area (Å²) in [5.74, 6) is 5.36. The minimum atomic E-state index is -0.220. The lowest BCUT2D eigenvalue weighted by Crippen LogP contribution is -2.27. The number of aliphatic hydroxyl groups excluding tert-OH is 1. The fourth-order valence-corrected chi connectivity index (χ4v) is 6.55. The molecule has 0 aromatic heterocycles. The smallest absolute Gasteiger partial charge is 0.0546 e. The molecule has 0 amide bonds. The largest absolute Gasteiger partial charge is 0.393 e. The first kappa shape index (κ1) is 29.4. The zero-order valence-electron chi connectivity index (χ0n) is 17.1. The van der Waals surface area contributed by atoms with Gasteiger partial charge < -0.3 is 5.11 Å². The molecule has 7 atom stereocenters. The third kappa shape index (κ3) is 5.08. The van der Waals surface area contributed by atoms with Gasteiger partial charge in [0.05, 0.1) is 6.10 Å². The Kier molecular flexibility index (Phi) is 11.2. The molecule has 0 aliphatic heterocycles. The van der Waals surface area contributed by atoms with E-state index in [-0.39, 0.29) is 35.8 Å². The Morgan fingerprint density at radius 3 is 2.03 bits per heavy atom. The van der Waals surface area contributed by atoms with Crippen LogP contribution in [-0.4, -0.2) is 11.2 Å². The number of aliphatic hydroxyl groups is 1. The van der Waals surface area contributed by atoms with Gasteiger partial charge in [-0.2, -0.15) is 0 Å². The molecule has 7 unspecified atom stereocenters. The van der Waals surface area contributed by atoms with Crippen molar-refractivity contribution < 1.29 is 5.11 Å². The summed E-state index contributed by atoms with van der Waals surface area (Å²) in [6.45, 7) is 10.2. The zero-order chi connectivity index (χ0) is 19.1. The van der Waals surface area contributed by atoms with Gasteiger partial charge >= 0.3 is 0 Å². The molecule has 2 aromatic carbocycles. The standard InChI is InChI=1S/C21H24.C5H10O.4CH4/c1-12-15-9-10-16(11-15)19(12)20-13(2)17-7-3-5-14-6-4-8-18(20)21(14)17;1-3-4-5(2)6;;;;/h3-8,12-13,15-16,19-20H,9-11H2,1-2H3;3,5-6H,1,4H2,2H3;4*1H4. The second-order valence-corrected chi connectivity index (χ2v) is 9.25.